The van der Waals surface area contributed by atoms with Crippen molar-refractivity contribution < 1.29 is 12.6 Å². The zero-order chi connectivity index (χ0) is 13.8. The molecule has 0 aromatic heterocycles. The summed E-state index contributed by atoms with van der Waals surface area (Å²) < 4.78 is 37.5. The van der Waals surface area contributed by atoms with Crippen molar-refractivity contribution in [2.75, 3.05) is 12.0 Å². The maximum atomic E-state index is 12.0. The van der Waals surface area contributed by atoms with Gasteiger partial charge < -0.3 is 0 Å². The molecule has 0 fully saturated rings. The lowest BCUT2D eigenvalue weighted by molar-refractivity contribution is 0.570. The number of hydrogen-bond acceptors (Lipinski definition) is 3. The molecule has 0 radical (unpaired) electrons. The Hall–Kier alpha value is -0.240. The van der Waals surface area contributed by atoms with Crippen LogP contribution < -0.4 is 4.72 Å². The van der Waals surface area contributed by atoms with E-state index in [1.807, 2.05) is 0 Å². The molecule has 0 heterocycles. The van der Waals surface area contributed by atoms with Crippen LogP contribution in [0.1, 0.15) is 12.5 Å². The van der Waals surface area contributed by atoms with Crippen LogP contribution in [0.25, 0.3) is 0 Å². The van der Waals surface area contributed by atoms with E-state index in [1.54, 1.807) is 37.4 Å². The van der Waals surface area contributed by atoms with E-state index < -0.39 is 20.8 Å². The van der Waals surface area contributed by atoms with Crippen molar-refractivity contribution in [2.24, 2.45) is 0 Å². The molecule has 1 rings (SSSR count). The van der Waals surface area contributed by atoms with Crippen molar-refractivity contribution in [1.29, 1.82) is 0 Å². The number of nitrogens with one attached hydrogen (secondary N) is 1. The van der Waals surface area contributed by atoms with Crippen molar-refractivity contribution in [3.05, 3.63) is 29.8 Å². The molecule has 4 nitrogen and oxygen atoms in total. The molecule has 0 saturated carbocycles. The molecule has 102 valence electrons. The smallest absolute Gasteiger partial charge is 0.240 e. The average molecular weight is 354 g/mol. The highest BCUT2D eigenvalue weighted by Gasteiger charge is 2.17. The molecule has 0 amide bonds. The minimum Gasteiger partial charge on any atom is -0.260 e. The Bertz CT molecular complexity index is 514. The fourth-order valence-electron chi connectivity index (χ4n) is 1.48. The van der Waals surface area contributed by atoms with Gasteiger partial charge in [0.25, 0.3) is 0 Å². The number of sulfonamides is 1. The molecule has 0 aliphatic carbocycles. The Morgan fingerprint density at radius 1 is 1.33 bits per heavy atom. The van der Waals surface area contributed by atoms with Gasteiger partial charge in [-0.05, 0) is 24.6 Å². The maximum absolute atomic E-state index is 12.0. The van der Waals surface area contributed by atoms with Crippen LogP contribution in [0.4, 0.5) is 0 Å². The molecule has 0 aliphatic heterocycles. The van der Waals surface area contributed by atoms with Gasteiger partial charge in [-0.15, -0.1) is 0 Å². The highest BCUT2D eigenvalue weighted by atomic mass is 79.9. The lowest BCUT2D eigenvalue weighted by Crippen LogP contribution is -2.36. The molecule has 7 heteroatoms. The third-order valence-electron chi connectivity index (χ3n) is 2.23. The minimum atomic E-state index is -3.53. The first-order valence-corrected chi connectivity index (χ1v) is 9.65. The van der Waals surface area contributed by atoms with Gasteiger partial charge in [-0.3, -0.25) is 4.21 Å². The molecule has 18 heavy (non-hydrogen) atoms. The van der Waals surface area contributed by atoms with E-state index in [0.29, 0.717) is 11.1 Å². The first-order chi connectivity index (χ1) is 8.35. The number of hydrogen-bond donors (Lipinski definition) is 1. The van der Waals surface area contributed by atoms with Crippen LogP contribution in [0.3, 0.4) is 0 Å². The van der Waals surface area contributed by atoms with Gasteiger partial charge in [-0.2, -0.15) is 0 Å². The van der Waals surface area contributed by atoms with Crippen molar-refractivity contribution in [1.82, 2.24) is 4.72 Å². The SMILES string of the molecule is CC(CS(C)=O)NS(=O)(=O)c1ccc(CBr)cc1. The monoisotopic (exact) mass is 353 g/mol. The first kappa shape index (κ1) is 15.8. The molecule has 2 unspecified atom stereocenters. The maximum Gasteiger partial charge on any atom is 0.240 e. The van der Waals surface area contributed by atoms with E-state index in [4.69, 9.17) is 0 Å². The zero-order valence-corrected chi connectivity index (χ0v) is 13.4. The van der Waals surface area contributed by atoms with Gasteiger partial charge in [0, 0.05) is 34.2 Å². The Morgan fingerprint density at radius 2 is 1.89 bits per heavy atom. The third kappa shape index (κ3) is 4.79. The molecule has 1 N–H and O–H groups in total. The van der Waals surface area contributed by atoms with E-state index in [9.17, 15) is 12.6 Å². The molecule has 0 aliphatic rings. The highest BCUT2D eigenvalue weighted by Crippen LogP contribution is 2.13. The number of benzene rings is 1. The summed E-state index contributed by atoms with van der Waals surface area (Å²) in [6.45, 7) is 1.70. The van der Waals surface area contributed by atoms with E-state index in [1.165, 1.54) is 0 Å². The van der Waals surface area contributed by atoms with Gasteiger partial charge in [0.2, 0.25) is 10.0 Å². The molecule has 0 spiro atoms. The largest absolute Gasteiger partial charge is 0.260 e. The van der Waals surface area contributed by atoms with Crippen molar-refractivity contribution in [3.8, 4) is 0 Å². The first-order valence-electron chi connectivity index (χ1n) is 5.32. The second-order valence-electron chi connectivity index (χ2n) is 4.04. The summed E-state index contributed by atoms with van der Waals surface area (Å²) in [5.74, 6) is 0.304. The van der Waals surface area contributed by atoms with Crippen LogP contribution in [0, 0.1) is 0 Å². The minimum absolute atomic E-state index is 0.223. The summed E-state index contributed by atoms with van der Waals surface area (Å²) in [6, 6.07) is 6.29. The summed E-state index contributed by atoms with van der Waals surface area (Å²) in [4.78, 5) is 0.223. The van der Waals surface area contributed by atoms with Crippen LogP contribution >= 0.6 is 15.9 Å². The van der Waals surface area contributed by atoms with Crippen molar-refractivity contribution in [3.63, 3.8) is 0 Å². The van der Waals surface area contributed by atoms with Crippen LogP contribution in [0.2, 0.25) is 0 Å². The van der Waals surface area contributed by atoms with E-state index >= 15 is 0 Å². The molecule has 1 aromatic carbocycles. The Labute approximate surface area is 119 Å². The second-order valence-corrected chi connectivity index (χ2v) is 7.79. The van der Waals surface area contributed by atoms with Crippen LogP contribution in [-0.2, 0) is 26.2 Å². The Kier molecular flexibility index (Phi) is 5.97. The standard InChI is InChI=1S/C11H16BrNO3S2/c1-9(8-17(2)14)13-18(15,16)11-5-3-10(7-12)4-6-11/h3-6,9,13H,7-8H2,1-2H3. The molecule has 2 atom stereocenters. The Morgan fingerprint density at radius 3 is 2.33 bits per heavy atom. The lowest BCUT2D eigenvalue weighted by Gasteiger charge is -2.13. The highest BCUT2D eigenvalue weighted by molar-refractivity contribution is 9.08. The van der Waals surface area contributed by atoms with Gasteiger partial charge in [0.05, 0.1) is 4.90 Å². The summed E-state index contributed by atoms with van der Waals surface area (Å²) in [5.41, 5.74) is 1.01. The molecular weight excluding hydrogens is 338 g/mol. The van der Waals surface area contributed by atoms with Gasteiger partial charge in [0.15, 0.2) is 0 Å². The van der Waals surface area contributed by atoms with Gasteiger partial charge >= 0.3 is 0 Å². The van der Waals surface area contributed by atoms with E-state index in [2.05, 4.69) is 20.7 Å². The Balaban J connectivity index is 2.82. The fraction of sp³-hybridized carbons (Fsp3) is 0.455. The van der Waals surface area contributed by atoms with Gasteiger partial charge in [0.1, 0.15) is 0 Å². The van der Waals surface area contributed by atoms with E-state index in [0.717, 1.165) is 5.56 Å². The number of halogens is 1. The quantitative estimate of drug-likeness (QED) is 0.790. The summed E-state index contributed by atoms with van der Waals surface area (Å²) in [7, 11) is -4.55. The van der Waals surface area contributed by atoms with Gasteiger partial charge in [-0.25, -0.2) is 13.1 Å². The normalized spacial score (nSPS) is 15.3. The number of alkyl halides is 1. The van der Waals surface area contributed by atoms with Crippen LogP contribution in [0.15, 0.2) is 29.2 Å². The van der Waals surface area contributed by atoms with Crippen molar-refractivity contribution in [2.45, 2.75) is 23.2 Å². The third-order valence-corrected chi connectivity index (χ3v) is 5.45. The summed E-state index contributed by atoms with van der Waals surface area (Å²) >= 11 is 3.30. The summed E-state index contributed by atoms with van der Waals surface area (Å²) in [5, 5.41) is 0.686. The molecule has 1 aromatic rings. The molecule has 0 saturated heterocycles. The topological polar surface area (TPSA) is 63.2 Å². The predicted molar refractivity (Wildman–Crippen MR) is 77.8 cm³/mol. The molecule has 0 bridgehead atoms. The molecular formula is C11H16BrNO3S2. The van der Waals surface area contributed by atoms with Crippen LogP contribution in [-0.4, -0.2) is 30.7 Å². The van der Waals surface area contributed by atoms with Crippen molar-refractivity contribution >= 4 is 36.8 Å². The number of rotatable bonds is 6. The van der Waals surface area contributed by atoms with Crippen LogP contribution in [0.5, 0.6) is 0 Å². The second kappa shape index (κ2) is 6.79. The summed E-state index contributed by atoms with van der Waals surface area (Å²) in [6.07, 6.45) is 1.55. The fourth-order valence-corrected chi connectivity index (χ4v) is 3.99. The zero-order valence-electron chi connectivity index (χ0n) is 10.2. The van der Waals surface area contributed by atoms with E-state index in [-0.39, 0.29) is 10.9 Å². The predicted octanol–water partition coefficient (Wildman–Crippen LogP) is 1.63. The lowest BCUT2D eigenvalue weighted by atomic mass is 10.2. The van der Waals surface area contributed by atoms with Gasteiger partial charge in [-0.1, -0.05) is 28.1 Å². The average Bonchev–Trinajstić information content (AvgIpc) is 2.27.